The van der Waals surface area contributed by atoms with Gasteiger partial charge in [0.15, 0.2) is 5.13 Å². The topological polar surface area (TPSA) is 71.5 Å². The average molecular weight is 333 g/mol. The summed E-state index contributed by atoms with van der Waals surface area (Å²) in [5.41, 5.74) is 0.866. The summed E-state index contributed by atoms with van der Waals surface area (Å²) in [5, 5.41) is 3.42. The van der Waals surface area contributed by atoms with Crippen LogP contribution in [0.1, 0.15) is 13.3 Å². The molecule has 0 bridgehead atoms. The van der Waals surface area contributed by atoms with Crippen LogP contribution in [0.2, 0.25) is 0 Å². The molecule has 2 heterocycles. The van der Waals surface area contributed by atoms with Gasteiger partial charge in [0.2, 0.25) is 11.8 Å². The highest BCUT2D eigenvalue weighted by Crippen LogP contribution is 2.27. The predicted octanol–water partition coefficient (Wildman–Crippen LogP) is 2.12. The second-order valence-electron chi connectivity index (χ2n) is 5.73. The van der Waals surface area contributed by atoms with Gasteiger partial charge in [-0.2, -0.15) is 0 Å². The highest BCUT2D eigenvalue weighted by molar-refractivity contribution is 7.22. The molecule has 1 aromatic carbocycles. The third-order valence-corrected chi connectivity index (χ3v) is 4.95. The van der Waals surface area contributed by atoms with E-state index in [2.05, 4.69) is 10.3 Å². The second-order valence-corrected chi connectivity index (χ2v) is 6.76. The molecule has 6 nitrogen and oxygen atoms in total. The minimum atomic E-state index is -0.339. The van der Waals surface area contributed by atoms with E-state index >= 15 is 0 Å². The number of amides is 2. The molecule has 1 aromatic heterocycles. The van der Waals surface area contributed by atoms with E-state index in [9.17, 15) is 9.59 Å². The third kappa shape index (κ3) is 3.35. The summed E-state index contributed by atoms with van der Waals surface area (Å²) >= 11 is 1.44. The molecule has 7 heteroatoms. The maximum Gasteiger partial charge on any atom is 0.231 e. The van der Waals surface area contributed by atoms with E-state index in [0.29, 0.717) is 18.3 Å². The van der Waals surface area contributed by atoms with Gasteiger partial charge in [0.1, 0.15) is 0 Å². The molecular formula is C16H19N3O3S. The Morgan fingerprint density at radius 1 is 1.52 bits per heavy atom. The first-order valence-corrected chi connectivity index (χ1v) is 8.35. The summed E-state index contributed by atoms with van der Waals surface area (Å²) in [7, 11) is 1.61. The number of aromatic nitrogens is 1. The van der Waals surface area contributed by atoms with Crippen molar-refractivity contribution in [1.29, 1.82) is 0 Å². The Hall–Kier alpha value is -1.99. The Kier molecular flexibility index (Phi) is 4.58. The van der Waals surface area contributed by atoms with Crippen molar-refractivity contribution >= 4 is 38.5 Å². The van der Waals surface area contributed by atoms with E-state index in [1.807, 2.05) is 31.2 Å². The minimum Gasteiger partial charge on any atom is -0.383 e. The number of likely N-dealkylation sites (tertiary alicyclic amines) is 1. The van der Waals surface area contributed by atoms with Crippen molar-refractivity contribution in [3.05, 3.63) is 24.3 Å². The monoisotopic (exact) mass is 333 g/mol. The van der Waals surface area contributed by atoms with Gasteiger partial charge in [-0.05, 0) is 19.1 Å². The first-order valence-electron chi connectivity index (χ1n) is 7.53. The highest BCUT2D eigenvalue weighted by atomic mass is 32.1. The fourth-order valence-electron chi connectivity index (χ4n) is 2.80. The SMILES string of the molecule is COC[C@H](C)N1C[C@@H](C(=O)Nc2nc3ccccc3s2)CC1=O. The number of nitrogens with one attached hydrogen (secondary N) is 1. The second kappa shape index (κ2) is 6.64. The van der Waals surface area contributed by atoms with Gasteiger partial charge in [0.25, 0.3) is 0 Å². The van der Waals surface area contributed by atoms with Crippen LogP contribution in [0, 0.1) is 5.92 Å². The Morgan fingerprint density at radius 2 is 2.30 bits per heavy atom. The molecular weight excluding hydrogens is 314 g/mol. The van der Waals surface area contributed by atoms with Gasteiger partial charge in [-0.25, -0.2) is 4.98 Å². The normalized spacial score (nSPS) is 19.3. The van der Waals surface area contributed by atoms with Crippen molar-refractivity contribution in [2.24, 2.45) is 5.92 Å². The van der Waals surface area contributed by atoms with E-state index in [1.54, 1.807) is 12.0 Å². The average Bonchev–Trinajstić information content (AvgIpc) is 3.10. The quantitative estimate of drug-likeness (QED) is 0.910. The van der Waals surface area contributed by atoms with E-state index in [0.717, 1.165) is 10.2 Å². The van der Waals surface area contributed by atoms with Crippen molar-refractivity contribution in [3.63, 3.8) is 0 Å². The van der Waals surface area contributed by atoms with Gasteiger partial charge >= 0.3 is 0 Å². The molecule has 1 aliphatic heterocycles. The van der Waals surface area contributed by atoms with E-state index in [4.69, 9.17) is 4.74 Å². The highest BCUT2D eigenvalue weighted by Gasteiger charge is 2.36. The summed E-state index contributed by atoms with van der Waals surface area (Å²) < 4.78 is 6.12. The van der Waals surface area contributed by atoms with Crippen LogP contribution in [-0.4, -0.2) is 48.0 Å². The molecule has 0 saturated carbocycles. The smallest absolute Gasteiger partial charge is 0.231 e. The molecule has 0 radical (unpaired) electrons. The fraction of sp³-hybridized carbons (Fsp3) is 0.438. The number of anilines is 1. The van der Waals surface area contributed by atoms with E-state index in [-0.39, 0.29) is 30.2 Å². The lowest BCUT2D eigenvalue weighted by atomic mass is 10.1. The number of hydrogen-bond donors (Lipinski definition) is 1. The number of para-hydroxylation sites is 1. The number of benzene rings is 1. The molecule has 0 spiro atoms. The molecule has 2 amide bonds. The maximum absolute atomic E-state index is 12.4. The van der Waals surface area contributed by atoms with Crippen LogP contribution in [0.3, 0.4) is 0 Å². The van der Waals surface area contributed by atoms with E-state index < -0.39 is 0 Å². The third-order valence-electron chi connectivity index (χ3n) is 3.99. The number of fused-ring (bicyclic) bond motifs is 1. The number of carbonyl (C=O) groups is 2. The van der Waals surface area contributed by atoms with Gasteiger partial charge in [-0.1, -0.05) is 23.5 Å². The number of ether oxygens (including phenoxy) is 1. The molecule has 1 saturated heterocycles. The van der Waals surface area contributed by atoms with Crippen LogP contribution in [0.15, 0.2) is 24.3 Å². The molecule has 1 aliphatic rings. The first kappa shape index (κ1) is 15.9. The van der Waals surface area contributed by atoms with Crippen molar-refractivity contribution < 1.29 is 14.3 Å². The Bertz CT molecular complexity index is 697. The van der Waals surface area contributed by atoms with Crippen molar-refractivity contribution in [2.75, 3.05) is 25.6 Å². The molecule has 1 fully saturated rings. The maximum atomic E-state index is 12.4. The summed E-state index contributed by atoms with van der Waals surface area (Å²) in [5.74, 6) is -0.489. The molecule has 1 N–H and O–H groups in total. The van der Waals surface area contributed by atoms with E-state index in [1.165, 1.54) is 11.3 Å². The molecule has 23 heavy (non-hydrogen) atoms. The standard InChI is InChI=1S/C16H19N3O3S/c1-10(9-22-2)19-8-11(7-14(19)20)15(21)18-16-17-12-5-3-4-6-13(12)23-16/h3-6,10-11H,7-9H2,1-2H3,(H,17,18,21)/t10-,11-/m0/s1. The number of hydrogen-bond acceptors (Lipinski definition) is 5. The number of rotatable bonds is 5. The number of methoxy groups -OCH3 is 1. The van der Waals surface area contributed by atoms with Crippen molar-refractivity contribution in [3.8, 4) is 0 Å². The van der Waals surface area contributed by atoms with Gasteiger partial charge < -0.3 is 15.0 Å². The fourth-order valence-corrected chi connectivity index (χ4v) is 3.67. The number of carbonyl (C=O) groups excluding carboxylic acids is 2. The Labute approximate surface area is 138 Å². The molecule has 0 unspecified atom stereocenters. The number of nitrogens with zero attached hydrogens (tertiary/aromatic N) is 2. The summed E-state index contributed by atoms with van der Waals surface area (Å²) in [6.45, 7) is 2.83. The van der Waals surface area contributed by atoms with Crippen LogP contribution in [0.25, 0.3) is 10.2 Å². The van der Waals surface area contributed by atoms with Crippen molar-refractivity contribution in [1.82, 2.24) is 9.88 Å². The Balaban J connectivity index is 1.65. The summed E-state index contributed by atoms with van der Waals surface area (Å²) in [4.78, 5) is 30.6. The van der Waals surface area contributed by atoms with Gasteiger partial charge in [-0.15, -0.1) is 0 Å². The zero-order valence-corrected chi connectivity index (χ0v) is 13.9. The Morgan fingerprint density at radius 3 is 3.04 bits per heavy atom. The van der Waals surface area contributed by atoms with Crippen LogP contribution >= 0.6 is 11.3 Å². The van der Waals surface area contributed by atoms with Crippen LogP contribution in [-0.2, 0) is 14.3 Å². The van der Waals surface area contributed by atoms with Crippen LogP contribution < -0.4 is 5.32 Å². The lowest BCUT2D eigenvalue weighted by Crippen LogP contribution is -2.38. The van der Waals surface area contributed by atoms with Crippen LogP contribution in [0.5, 0.6) is 0 Å². The molecule has 2 aromatic rings. The summed E-state index contributed by atoms with van der Waals surface area (Å²) in [6, 6.07) is 7.72. The lowest BCUT2D eigenvalue weighted by Gasteiger charge is -2.23. The molecule has 3 rings (SSSR count). The summed E-state index contributed by atoms with van der Waals surface area (Å²) in [6.07, 6.45) is 0.241. The minimum absolute atomic E-state index is 0.000926. The first-order chi connectivity index (χ1) is 11.1. The number of thiazole rings is 1. The molecule has 0 aliphatic carbocycles. The zero-order chi connectivity index (χ0) is 16.4. The zero-order valence-electron chi connectivity index (χ0n) is 13.1. The molecule has 2 atom stereocenters. The van der Waals surface area contributed by atoms with Crippen LogP contribution in [0.4, 0.5) is 5.13 Å². The predicted molar refractivity (Wildman–Crippen MR) is 89.4 cm³/mol. The van der Waals surface area contributed by atoms with Gasteiger partial charge in [0.05, 0.1) is 28.8 Å². The van der Waals surface area contributed by atoms with Crippen molar-refractivity contribution in [2.45, 2.75) is 19.4 Å². The molecule has 122 valence electrons. The largest absolute Gasteiger partial charge is 0.383 e. The van der Waals surface area contributed by atoms with Gasteiger partial charge in [-0.3, -0.25) is 9.59 Å². The van der Waals surface area contributed by atoms with Gasteiger partial charge in [0, 0.05) is 20.1 Å². The lowest BCUT2D eigenvalue weighted by molar-refractivity contribution is -0.130.